The highest BCUT2D eigenvalue weighted by molar-refractivity contribution is 5.77. The molecule has 4 nitrogen and oxygen atoms in total. The Kier molecular flexibility index (Phi) is 4.59. The largest absolute Gasteiger partial charge is 0.508 e. The van der Waals surface area contributed by atoms with Gasteiger partial charge in [-0.15, -0.1) is 0 Å². The third-order valence-electron chi connectivity index (χ3n) is 2.90. The predicted molar refractivity (Wildman–Crippen MR) is 70.4 cm³/mol. The molecule has 1 rings (SSSR count). The zero-order chi connectivity index (χ0) is 13.8. The van der Waals surface area contributed by atoms with Crippen molar-refractivity contribution in [3.05, 3.63) is 24.3 Å². The van der Waals surface area contributed by atoms with Crippen LogP contribution in [0.25, 0.3) is 0 Å². The van der Waals surface area contributed by atoms with E-state index in [0.29, 0.717) is 18.8 Å². The molecule has 0 heterocycles. The molecule has 0 aliphatic rings. The van der Waals surface area contributed by atoms with E-state index in [2.05, 4.69) is 0 Å². The molecule has 100 valence electrons. The lowest BCUT2D eigenvalue weighted by Gasteiger charge is -2.27. The lowest BCUT2D eigenvalue weighted by Crippen LogP contribution is -2.35. The maximum absolute atomic E-state index is 11.4. The van der Waals surface area contributed by atoms with Crippen molar-refractivity contribution in [2.24, 2.45) is 17.1 Å². The van der Waals surface area contributed by atoms with Crippen LogP contribution in [0, 0.1) is 11.3 Å². The van der Waals surface area contributed by atoms with Crippen molar-refractivity contribution in [2.45, 2.75) is 27.2 Å². The molecule has 0 saturated carbocycles. The first-order valence-corrected chi connectivity index (χ1v) is 6.02. The average Bonchev–Trinajstić information content (AvgIpc) is 2.24. The van der Waals surface area contributed by atoms with Crippen LogP contribution in [0.1, 0.15) is 27.2 Å². The number of amides is 1. The first-order chi connectivity index (χ1) is 8.30. The molecule has 0 bridgehead atoms. The Morgan fingerprint density at radius 1 is 1.33 bits per heavy atom. The number of hydrogen-bond donors (Lipinski definition) is 2. The zero-order valence-corrected chi connectivity index (χ0v) is 11.1. The maximum Gasteiger partial charge on any atom is 0.221 e. The summed E-state index contributed by atoms with van der Waals surface area (Å²) in [5.41, 5.74) is 5.23. The van der Waals surface area contributed by atoms with Gasteiger partial charge in [0.25, 0.3) is 0 Å². The first kappa shape index (κ1) is 14.4. The van der Waals surface area contributed by atoms with Gasteiger partial charge in [0, 0.05) is 5.92 Å². The van der Waals surface area contributed by atoms with Crippen molar-refractivity contribution in [3.8, 4) is 11.5 Å². The van der Waals surface area contributed by atoms with Gasteiger partial charge in [-0.05, 0) is 36.1 Å². The summed E-state index contributed by atoms with van der Waals surface area (Å²) in [6.07, 6.45) is 0.583. The van der Waals surface area contributed by atoms with Crippen LogP contribution in [-0.2, 0) is 4.79 Å². The Balaban J connectivity index is 2.49. The molecule has 0 aliphatic carbocycles. The van der Waals surface area contributed by atoms with Crippen LogP contribution < -0.4 is 10.5 Å². The molecular formula is C14H21NO3. The molecule has 4 heteroatoms. The smallest absolute Gasteiger partial charge is 0.221 e. The van der Waals surface area contributed by atoms with E-state index in [1.165, 1.54) is 0 Å². The molecule has 1 aromatic carbocycles. The summed E-state index contributed by atoms with van der Waals surface area (Å²) < 4.78 is 5.52. The van der Waals surface area contributed by atoms with E-state index >= 15 is 0 Å². The summed E-state index contributed by atoms with van der Waals surface area (Å²) in [4.78, 5) is 11.4. The normalized spacial score (nSPS) is 13.1. The topological polar surface area (TPSA) is 72.6 Å². The fourth-order valence-corrected chi connectivity index (χ4v) is 1.84. The van der Waals surface area contributed by atoms with Gasteiger partial charge in [-0.3, -0.25) is 4.79 Å². The summed E-state index contributed by atoms with van der Waals surface area (Å²) in [6.45, 7) is 6.39. The summed E-state index contributed by atoms with van der Waals surface area (Å²) in [5.74, 6) is 0.364. The Hall–Kier alpha value is -1.71. The van der Waals surface area contributed by atoms with Crippen LogP contribution in [-0.4, -0.2) is 17.6 Å². The van der Waals surface area contributed by atoms with E-state index in [1.54, 1.807) is 24.3 Å². The minimum Gasteiger partial charge on any atom is -0.508 e. The van der Waals surface area contributed by atoms with Crippen molar-refractivity contribution in [3.63, 3.8) is 0 Å². The van der Waals surface area contributed by atoms with Gasteiger partial charge in [0.05, 0.1) is 6.61 Å². The lowest BCUT2D eigenvalue weighted by atomic mass is 9.78. The third-order valence-corrected chi connectivity index (χ3v) is 2.90. The number of primary amides is 1. The molecule has 0 spiro atoms. The molecule has 0 aliphatic heterocycles. The number of rotatable bonds is 5. The standard InChI is InChI=1S/C14H21NO3/c1-14(2,3)12(13(15)17)8-9-18-11-6-4-10(16)5-7-11/h4-7,12,16H,8-9H2,1-3H3,(H2,15,17). The van der Waals surface area contributed by atoms with Crippen LogP contribution in [0.4, 0.5) is 0 Å². The van der Waals surface area contributed by atoms with Crippen molar-refractivity contribution >= 4 is 5.91 Å². The molecule has 1 unspecified atom stereocenters. The number of aromatic hydroxyl groups is 1. The van der Waals surface area contributed by atoms with E-state index in [4.69, 9.17) is 15.6 Å². The monoisotopic (exact) mass is 251 g/mol. The number of hydrogen-bond acceptors (Lipinski definition) is 3. The summed E-state index contributed by atoms with van der Waals surface area (Å²) in [7, 11) is 0. The van der Waals surface area contributed by atoms with Gasteiger partial charge in [0.15, 0.2) is 0 Å². The molecule has 0 radical (unpaired) electrons. The van der Waals surface area contributed by atoms with Crippen molar-refractivity contribution in [1.82, 2.24) is 0 Å². The predicted octanol–water partition coefficient (Wildman–Crippen LogP) is 2.31. The van der Waals surface area contributed by atoms with E-state index in [1.807, 2.05) is 20.8 Å². The van der Waals surface area contributed by atoms with E-state index < -0.39 is 0 Å². The maximum atomic E-state index is 11.4. The Bertz CT molecular complexity index is 392. The molecule has 0 aromatic heterocycles. The average molecular weight is 251 g/mol. The number of ether oxygens (including phenoxy) is 1. The summed E-state index contributed by atoms with van der Waals surface area (Å²) >= 11 is 0. The third kappa shape index (κ3) is 4.28. The molecule has 18 heavy (non-hydrogen) atoms. The quantitative estimate of drug-likeness (QED) is 0.843. The molecule has 1 atom stereocenters. The minimum absolute atomic E-state index is 0.163. The molecular weight excluding hydrogens is 230 g/mol. The van der Waals surface area contributed by atoms with E-state index in [-0.39, 0.29) is 23.0 Å². The summed E-state index contributed by atoms with van der Waals surface area (Å²) in [6, 6.07) is 6.49. The lowest BCUT2D eigenvalue weighted by molar-refractivity contribution is -0.125. The van der Waals surface area contributed by atoms with Crippen LogP contribution in [0.15, 0.2) is 24.3 Å². The fraction of sp³-hybridized carbons (Fsp3) is 0.500. The molecule has 0 saturated heterocycles. The Labute approximate surface area is 108 Å². The number of phenols is 1. The Morgan fingerprint density at radius 2 is 1.89 bits per heavy atom. The SMILES string of the molecule is CC(C)(C)C(CCOc1ccc(O)cc1)C(N)=O. The second kappa shape index (κ2) is 5.76. The highest BCUT2D eigenvalue weighted by atomic mass is 16.5. The second-order valence-corrected chi connectivity index (χ2v) is 5.45. The van der Waals surface area contributed by atoms with Crippen LogP contribution >= 0.6 is 0 Å². The highest BCUT2D eigenvalue weighted by Crippen LogP contribution is 2.28. The number of carbonyl (C=O) groups excluding carboxylic acids is 1. The highest BCUT2D eigenvalue weighted by Gasteiger charge is 2.29. The molecule has 1 amide bonds. The molecule has 3 N–H and O–H groups in total. The van der Waals surface area contributed by atoms with Gasteiger partial charge < -0.3 is 15.6 Å². The van der Waals surface area contributed by atoms with Crippen molar-refractivity contribution < 1.29 is 14.6 Å². The van der Waals surface area contributed by atoms with E-state index in [9.17, 15) is 4.79 Å². The van der Waals surface area contributed by atoms with Gasteiger partial charge >= 0.3 is 0 Å². The number of phenolic OH excluding ortho intramolecular Hbond substituents is 1. The van der Waals surface area contributed by atoms with Crippen molar-refractivity contribution in [1.29, 1.82) is 0 Å². The first-order valence-electron chi connectivity index (χ1n) is 6.02. The summed E-state index contributed by atoms with van der Waals surface area (Å²) in [5, 5.41) is 9.13. The fourth-order valence-electron chi connectivity index (χ4n) is 1.84. The van der Waals surface area contributed by atoms with Crippen molar-refractivity contribution in [2.75, 3.05) is 6.61 Å². The molecule has 0 fully saturated rings. The number of benzene rings is 1. The second-order valence-electron chi connectivity index (χ2n) is 5.45. The van der Waals surface area contributed by atoms with Crippen LogP contribution in [0.3, 0.4) is 0 Å². The van der Waals surface area contributed by atoms with Crippen LogP contribution in [0.2, 0.25) is 0 Å². The van der Waals surface area contributed by atoms with Gasteiger partial charge in [-0.2, -0.15) is 0 Å². The zero-order valence-electron chi connectivity index (χ0n) is 11.1. The van der Waals surface area contributed by atoms with Gasteiger partial charge in [0.2, 0.25) is 5.91 Å². The number of carbonyl (C=O) groups is 1. The van der Waals surface area contributed by atoms with Gasteiger partial charge in [-0.1, -0.05) is 20.8 Å². The number of nitrogens with two attached hydrogens (primary N) is 1. The van der Waals surface area contributed by atoms with Crippen LogP contribution in [0.5, 0.6) is 11.5 Å². The minimum atomic E-state index is -0.295. The molecule has 1 aromatic rings. The van der Waals surface area contributed by atoms with Gasteiger partial charge in [-0.25, -0.2) is 0 Å². The Morgan fingerprint density at radius 3 is 2.33 bits per heavy atom. The van der Waals surface area contributed by atoms with Gasteiger partial charge in [0.1, 0.15) is 11.5 Å². The van der Waals surface area contributed by atoms with E-state index in [0.717, 1.165) is 0 Å².